The van der Waals surface area contributed by atoms with E-state index in [4.69, 9.17) is 5.73 Å². The van der Waals surface area contributed by atoms with Crippen LogP contribution < -0.4 is 16.0 Å². The van der Waals surface area contributed by atoms with Crippen LogP contribution >= 0.6 is 0 Å². The van der Waals surface area contributed by atoms with Crippen LogP contribution in [0.3, 0.4) is 0 Å². The van der Waals surface area contributed by atoms with Crippen LogP contribution in [0.4, 0.5) is 5.82 Å². The molecule has 5 N–H and O–H groups in total. The van der Waals surface area contributed by atoms with Crippen molar-refractivity contribution in [3.8, 4) is 5.75 Å². The number of phenols is 1. The lowest BCUT2D eigenvalue weighted by atomic mass is 10.0. The van der Waals surface area contributed by atoms with Crippen molar-refractivity contribution >= 4 is 23.9 Å². The van der Waals surface area contributed by atoms with Gasteiger partial charge in [0.2, 0.25) is 5.91 Å². The molecule has 0 saturated carbocycles. The summed E-state index contributed by atoms with van der Waals surface area (Å²) >= 11 is 0. The van der Waals surface area contributed by atoms with Gasteiger partial charge in [0.25, 0.3) is 5.91 Å². The number of aliphatic hydroxyl groups excluding tert-OH is 1. The van der Waals surface area contributed by atoms with Gasteiger partial charge in [-0.2, -0.15) is 0 Å². The van der Waals surface area contributed by atoms with E-state index in [1.807, 2.05) is 0 Å². The van der Waals surface area contributed by atoms with Gasteiger partial charge in [0, 0.05) is 12.6 Å². The highest BCUT2D eigenvalue weighted by atomic mass is 16.3. The number of pyridine rings is 1. The fraction of sp³-hybridized carbons (Fsp3) is 0.300. The van der Waals surface area contributed by atoms with E-state index in [0.717, 1.165) is 4.90 Å². The molecule has 0 aliphatic heterocycles. The third-order valence-electron chi connectivity index (χ3n) is 4.21. The summed E-state index contributed by atoms with van der Waals surface area (Å²) in [5.74, 6) is -1.04. The van der Waals surface area contributed by atoms with Gasteiger partial charge in [-0.1, -0.05) is 18.2 Å². The second kappa shape index (κ2) is 10.3. The van der Waals surface area contributed by atoms with Crippen LogP contribution in [0.25, 0.3) is 0 Å². The summed E-state index contributed by atoms with van der Waals surface area (Å²) in [5, 5.41) is 21.5. The monoisotopic (exact) mass is 400 g/mol. The smallest absolute Gasteiger partial charge is 0.253 e. The minimum atomic E-state index is -1.29. The average molecular weight is 400 g/mol. The van der Waals surface area contributed by atoms with Crippen LogP contribution in [-0.4, -0.2) is 58.0 Å². The Hall–Kier alpha value is -3.30. The number of nitrogens with one attached hydrogen (secondary N) is 1. The zero-order valence-electron chi connectivity index (χ0n) is 15.9. The number of phenolic OH excluding ortho intramolecular Hbond substituents is 1. The summed E-state index contributed by atoms with van der Waals surface area (Å²) in [6.07, 6.45) is 2.21. The largest absolute Gasteiger partial charge is 0.508 e. The van der Waals surface area contributed by atoms with Gasteiger partial charge < -0.3 is 26.1 Å². The highest BCUT2D eigenvalue weighted by Crippen LogP contribution is 2.19. The van der Waals surface area contributed by atoms with Crippen molar-refractivity contribution in [1.29, 1.82) is 0 Å². The number of hydrogen-bond donors (Lipinski definition) is 4. The zero-order chi connectivity index (χ0) is 21.4. The molecule has 9 nitrogen and oxygen atoms in total. The maximum absolute atomic E-state index is 13.1. The lowest BCUT2D eigenvalue weighted by Gasteiger charge is -2.31. The Labute approximate surface area is 168 Å². The van der Waals surface area contributed by atoms with Crippen LogP contribution in [0, 0.1) is 0 Å². The van der Waals surface area contributed by atoms with Gasteiger partial charge in [0.1, 0.15) is 23.9 Å². The third-order valence-corrected chi connectivity index (χ3v) is 4.21. The quantitative estimate of drug-likeness (QED) is 0.425. The Kier molecular flexibility index (Phi) is 7.81. The van der Waals surface area contributed by atoms with Gasteiger partial charge in [-0.25, -0.2) is 4.98 Å². The van der Waals surface area contributed by atoms with Gasteiger partial charge in [-0.15, -0.1) is 0 Å². The van der Waals surface area contributed by atoms with Crippen molar-refractivity contribution < 1.29 is 24.6 Å². The van der Waals surface area contributed by atoms with Gasteiger partial charge in [-0.05, 0) is 36.8 Å². The molecule has 0 saturated heterocycles. The summed E-state index contributed by atoms with van der Waals surface area (Å²) < 4.78 is 0. The van der Waals surface area contributed by atoms with E-state index in [2.05, 4.69) is 10.3 Å². The summed E-state index contributed by atoms with van der Waals surface area (Å²) in [6, 6.07) is 7.95. The molecule has 2 amide bonds. The van der Waals surface area contributed by atoms with E-state index in [1.165, 1.54) is 25.3 Å². The molecule has 0 unspecified atom stereocenters. The molecule has 9 heteroatoms. The van der Waals surface area contributed by atoms with Gasteiger partial charge in [-0.3, -0.25) is 14.5 Å². The first-order valence-corrected chi connectivity index (χ1v) is 9.01. The fourth-order valence-corrected chi connectivity index (χ4v) is 2.67. The van der Waals surface area contributed by atoms with Crippen molar-refractivity contribution in [3.63, 3.8) is 0 Å². The number of aromatic nitrogens is 1. The Balaban J connectivity index is 2.36. The van der Waals surface area contributed by atoms with Crippen molar-refractivity contribution in [2.24, 2.45) is 5.73 Å². The molecule has 1 heterocycles. The van der Waals surface area contributed by atoms with Crippen molar-refractivity contribution in [1.82, 2.24) is 10.3 Å². The van der Waals surface area contributed by atoms with Crippen molar-refractivity contribution in [3.05, 3.63) is 54.2 Å². The first-order valence-electron chi connectivity index (χ1n) is 9.01. The van der Waals surface area contributed by atoms with Gasteiger partial charge in [0.15, 0.2) is 0 Å². The number of nitrogens with zero attached hydrogens (tertiary/aromatic N) is 2. The number of hydrogen-bond acceptors (Lipinski definition) is 7. The number of aldehydes is 1. The summed E-state index contributed by atoms with van der Waals surface area (Å²) in [4.78, 5) is 42.2. The lowest BCUT2D eigenvalue weighted by Crippen LogP contribution is -2.56. The Morgan fingerprint density at radius 2 is 1.93 bits per heavy atom. The molecule has 1 aromatic heterocycles. The highest BCUT2D eigenvalue weighted by Gasteiger charge is 2.33. The molecule has 0 spiro atoms. The van der Waals surface area contributed by atoms with E-state index >= 15 is 0 Å². The first kappa shape index (κ1) is 22.0. The number of benzene rings is 1. The molecule has 3 atom stereocenters. The van der Waals surface area contributed by atoms with E-state index in [1.54, 1.807) is 30.3 Å². The molecule has 1 aromatic carbocycles. The van der Waals surface area contributed by atoms with E-state index in [-0.39, 0.29) is 18.0 Å². The lowest BCUT2D eigenvalue weighted by molar-refractivity contribution is -0.129. The molecule has 0 bridgehead atoms. The number of carbonyl (C=O) groups is 3. The molecular weight excluding hydrogens is 376 g/mol. The number of rotatable bonds is 9. The first-order chi connectivity index (χ1) is 13.9. The second-order valence-electron chi connectivity index (χ2n) is 6.50. The summed E-state index contributed by atoms with van der Waals surface area (Å²) in [5.41, 5.74) is 6.22. The molecule has 2 aromatic rings. The van der Waals surface area contributed by atoms with Crippen molar-refractivity contribution in [2.75, 3.05) is 11.5 Å². The minimum Gasteiger partial charge on any atom is -0.508 e. The summed E-state index contributed by atoms with van der Waals surface area (Å²) in [7, 11) is 0. The maximum atomic E-state index is 13.1. The second-order valence-corrected chi connectivity index (χ2v) is 6.50. The van der Waals surface area contributed by atoms with Crippen molar-refractivity contribution in [2.45, 2.75) is 31.5 Å². The van der Waals surface area contributed by atoms with Crippen LogP contribution in [0.2, 0.25) is 0 Å². The number of aromatic hydroxyl groups is 1. The van der Waals surface area contributed by atoms with Crippen LogP contribution in [0.1, 0.15) is 12.5 Å². The zero-order valence-corrected chi connectivity index (χ0v) is 15.9. The fourth-order valence-electron chi connectivity index (χ4n) is 2.67. The van der Waals surface area contributed by atoms with Crippen LogP contribution in [0.15, 0.2) is 48.7 Å². The molecule has 0 fully saturated rings. The van der Waals surface area contributed by atoms with Crippen LogP contribution in [-0.2, 0) is 20.8 Å². The maximum Gasteiger partial charge on any atom is 0.253 e. The van der Waals surface area contributed by atoms with E-state index in [9.17, 15) is 24.6 Å². The van der Waals surface area contributed by atoms with Crippen LogP contribution in [0.5, 0.6) is 5.75 Å². The number of nitrogens with two attached hydrogens (primary N) is 1. The topological polar surface area (TPSA) is 146 Å². The standard InChI is InChI=1S/C20H24N4O5/c1-13(21)19(28)23-17(12-26)20(29)24(18-4-2-3-9-22-18)15(11-25)10-14-5-7-16(27)8-6-14/h2-9,11,13,15,17,26-27H,10,12,21H2,1H3,(H,23,28)/t13-,15-,17-/m0/s1. The summed E-state index contributed by atoms with van der Waals surface area (Å²) in [6.45, 7) is 0.773. The number of aliphatic hydroxyl groups is 1. The Bertz CT molecular complexity index is 827. The molecule has 0 aliphatic rings. The van der Waals surface area contributed by atoms with E-state index < -0.39 is 36.5 Å². The highest BCUT2D eigenvalue weighted by molar-refractivity contribution is 6.01. The third kappa shape index (κ3) is 5.84. The normalized spacial score (nSPS) is 13.8. The minimum absolute atomic E-state index is 0.0769. The van der Waals surface area contributed by atoms with Gasteiger partial charge in [0.05, 0.1) is 18.7 Å². The predicted octanol–water partition coefficient (Wildman–Crippen LogP) is -0.245. The SMILES string of the molecule is C[C@H](N)C(=O)N[C@@H](CO)C(=O)N(c1ccccn1)[C@H](C=O)Cc1ccc(O)cc1. The molecule has 0 radical (unpaired) electrons. The molecule has 0 aliphatic carbocycles. The number of amides is 2. The molecule has 2 rings (SSSR count). The molecule has 154 valence electrons. The molecular formula is C20H24N4O5. The number of carbonyl (C=O) groups excluding carboxylic acids is 3. The predicted molar refractivity (Wildman–Crippen MR) is 106 cm³/mol. The van der Waals surface area contributed by atoms with E-state index in [0.29, 0.717) is 11.8 Å². The van der Waals surface area contributed by atoms with Gasteiger partial charge >= 0.3 is 0 Å². The number of anilines is 1. The average Bonchev–Trinajstić information content (AvgIpc) is 2.73. The Morgan fingerprint density at radius 3 is 2.45 bits per heavy atom. The Morgan fingerprint density at radius 1 is 1.24 bits per heavy atom. The molecule has 29 heavy (non-hydrogen) atoms.